The molecule has 0 amide bonds. The molecule has 0 radical (unpaired) electrons. The highest BCUT2D eigenvalue weighted by Crippen LogP contribution is 2.51. The Morgan fingerprint density at radius 2 is 2.27 bits per heavy atom. The number of alkyl halides is 1. The largest absolute Gasteiger partial charge is 0.459 e. The maximum atomic E-state index is 11.3. The second kappa shape index (κ2) is 6.10. The van der Waals surface area contributed by atoms with Crippen molar-refractivity contribution in [1.82, 2.24) is 0 Å². The number of rotatable bonds is 3. The van der Waals surface area contributed by atoms with Crippen molar-refractivity contribution < 1.29 is 19.0 Å². The van der Waals surface area contributed by atoms with Gasteiger partial charge in [-0.3, -0.25) is 4.79 Å². The highest BCUT2D eigenvalue weighted by molar-refractivity contribution is 9.09. The molecule has 1 unspecified atom stereocenters. The van der Waals surface area contributed by atoms with E-state index in [2.05, 4.69) is 22.0 Å². The van der Waals surface area contributed by atoms with Crippen molar-refractivity contribution >= 4 is 21.9 Å². The summed E-state index contributed by atoms with van der Waals surface area (Å²) >= 11 is 3.66. The standard InChI is InChI=1S/C16H22BrNO4/c1-9(8-18)5-11-3-4-14-16(22-11)6-12(17)15(20-10(2)19)13(7-16)21-14/h9,11-15H,3-7H2,1-2H3/t9-,11-,12+,13-,14+,15-,16?/m1/s1. The summed E-state index contributed by atoms with van der Waals surface area (Å²) in [5, 5.41) is 9.00. The smallest absolute Gasteiger partial charge is 0.303 e. The van der Waals surface area contributed by atoms with Gasteiger partial charge in [0.2, 0.25) is 0 Å². The number of hydrogen-bond acceptors (Lipinski definition) is 5. The van der Waals surface area contributed by atoms with E-state index in [0.717, 1.165) is 32.1 Å². The summed E-state index contributed by atoms with van der Waals surface area (Å²) in [5.41, 5.74) is -0.284. The summed E-state index contributed by atoms with van der Waals surface area (Å²) in [5.74, 6) is -0.265. The maximum absolute atomic E-state index is 11.3. The van der Waals surface area contributed by atoms with E-state index in [1.54, 1.807) is 0 Å². The van der Waals surface area contributed by atoms with Crippen LogP contribution in [0.25, 0.3) is 0 Å². The average molecular weight is 372 g/mol. The van der Waals surface area contributed by atoms with Crippen LogP contribution in [-0.4, -0.2) is 40.8 Å². The van der Waals surface area contributed by atoms with Crippen LogP contribution in [0.2, 0.25) is 0 Å². The first-order chi connectivity index (χ1) is 10.4. The number of nitrogens with zero attached hydrogens (tertiary/aromatic N) is 1. The quantitative estimate of drug-likeness (QED) is 0.563. The van der Waals surface area contributed by atoms with E-state index >= 15 is 0 Å². The van der Waals surface area contributed by atoms with Gasteiger partial charge in [0.1, 0.15) is 6.10 Å². The van der Waals surface area contributed by atoms with Gasteiger partial charge in [0, 0.05) is 19.3 Å². The number of nitriles is 1. The Labute approximate surface area is 139 Å². The number of hydrogen-bond donors (Lipinski definition) is 0. The molecule has 2 bridgehead atoms. The second-order valence-electron chi connectivity index (χ2n) is 6.81. The van der Waals surface area contributed by atoms with E-state index in [-0.39, 0.29) is 46.7 Å². The summed E-state index contributed by atoms with van der Waals surface area (Å²) in [6.45, 7) is 3.37. The third kappa shape index (κ3) is 2.91. The second-order valence-corrected chi connectivity index (χ2v) is 7.99. The molecule has 3 aliphatic rings. The molecule has 0 aromatic rings. The van der Waals surface area contributed by atoms with Crippen LogP contribution in [0.1, 0.15) is 46.0 Å². The fourth-order valence-corrected chi connectivity index (χ4v) is 5.12. The molecule has 0 aromatic carbocycles. The minimum Gasteiger partial charge on any atom is -0.459 e. The normalized spacial score (nSPS) is 44.7. The van der Waals surface area contributed by atoms with Gasteiger partial charge in [-0.2, -0.15) is 5.26 Å². The first-order valence-corrected chi connectivity index (χ1v) is 8.89. The highest BCUT2D eigenvalue weighted by atomic mass is 79.9. The summed E-state index contributed by atoms with van der Waals surface area (Å²) in [7, 11) is 0. The number of carbonyl (C=O) groups excluding carboxylic acids is 1. The monoisotopic (exact) mass is 371 g/mol. The van der Waals surface area contributed by atoms with Crippen molar-refractivity contribution in [2.24, 2.45) is 5.92 Å². The molecule has 122 valence electrons. The van der Waals surface area contributed by atoms with Crippen molar-refractivity contribution in [2.45, 2.75) is 80.8 Å². The first kappa shape index (κ1) is 16.2. The Kier molecular flexibility index (Phi) is 4.50. The molecule has 2 saturated heterocycles. The maximum Gasteiger partial charge on any atom is 0.303 e. The van der Waals surface area contributed by atoms with Crippen LogP contribution in [-0.2, 0) is 19.0 Å². The Morgan fingerprint density at radius 1 is 1.50 bits per heavy atom. The third-order valence-electron chi connectivity index (χ3n) is 5.03. The Hall–Kier alpha value is -0.640. The van der Waals surface area contributed by atoms with Crippen LogP contribution in [0, 0.1) is 17.2 Å². The van der Waals surface area contributed by atoms with Crippen LogP contribution in [0.15, 0.2) is 0 Å². The molecule has 6 heteroatoms. The molecule has 1 saturated carbocycles. The Bertz CT molecular complexity index is 493. The lowest BCUT2D eigenvalue weighted by molar-refractivity contribution is -0.168. The summed E-state index contributed by atoms with van der Waals surface area (Å²) in [6.07, 6.45) is 4.06. The number of halogens is 1. The van der Waals surface area contributed by atoms with E-state index in [4.69, 9.17) is 19.5 Å². The predicted molar refractivity (Wildman–Crippen MR) is 82.4 cm³/mol. The fourth-order valence-electron chi connectivity index (χ4n) is 4.13. The zero-order chi connectivity index (χ0) is 15.9. The zero-order valence-corrected chi connectivity index (χ0v) is 14.5. The van der Waals surface area contributed by atoms with Crippen LogP contribution >= 0.6 is 15.9 Å². The minimum absolute atomic E-state index is 0.00761. The van der Waals surface area contributed by atoms with Gasteiger partial charge in [0.25, 0.3) is 0 Å². The number of ether oxygens (including phenoxy) is 3. The van der Waals surface area contributed by atoms with E-state index < -0.39 is 0 Å². The molecule has 0 aromatic heterocycles. The highest BCUT2D eigenvalue weighted by Gasteiger charge is 2.60. The van der Waals surface area contributed by atoms with Gasteiger partial charge < -0.3 is 14.2 Å². The lowest BCUT2D eigenvalue weighted by Gasteiger charge is -2.45. The van der Waals surface area contributed by atoms with Crippen LogP contribution < -0.4 is 0 Å². The van der Waals surface area contributed by atoms with E-state index in [1.165, 1.54) is 6.92 Å². The fraction of sp³-hybridized carbons (Fsp3) is 0.875. The van der Waals surface area contributed by atoms with Gasteiger partial charge >= 0.3 is 5.97 Å². The minimum atomic E-state index is -0.284. The topological polar surface area (TPSA) is 68.5 Å². The Morgan fingerprint density at radius 3 is 2.95 bits per heavy atom. The van der Waals surface area contributed by atoms with Gasteiger partial charge in [-0.25, -0.2) is 0 Å². The molecule has 1 aliphatic carbocycles. The van der Waals surface area contributed by atoms with Gasteiger partial charge in [-0.05, 0) is 32.6 Å². The molecular formula is C16H22BrNO4. The van der Waals surface area contributed by atoms with E-state index in [0.29, 0.717) is 0 Å². The van der Waals surface area contributed by atoms with E-state index in [1.807, 2.05) is 6.92 Å². The molecule has 3 rings (SSSR count). The van der Waals surface area contributed by atoms with E-state index in [9.17, 15) is 4.79 Å². The van der Waals surface area contributed by atoms with Crippen molar-refractivity contribution in [2.75, 3.05) is 0 Å². The van der Waals surface area contributed by atoms with Crippen LogP contribution in [0.3, 0.4) is 0 Å². The average Bonchev–Trinajstić information content (AvgIpc) is 2.76. The molecule has 2 heterocycles. The summed E-state index contributed by atoms with van der Waals surface area (Å²) in [6, 6.07) is 2.28. The summed E-state index contributed by atoms with van der Waals surface area (Å²) < 4.78 is 18.0. The lowest BCUT2D eigenvalue weighted by Crippen LogP contribution is -2.53. The molecule has 1 spiro atoms. The summed E-state index contributed by atoms with van der Waals surface area (Å²) in [4.78, 5) is 11.3. The van der Waals surface area contributed by atoms with Crippen LogP contribution in [0.4, 0.5) is 0 Å². The lowest BCUT2D eigenvalue weighted by atomic mass is 9.77. The van der Waals surface area contributed by atoms with Gasteiger partial charge in [0.05, 0.1) is 34.8 Å². The van der Waals surface area contributed by atoms with Crippen molar-refractivity contribution in [1.29, 1.82) is 5.26 Å². The first-order valence-electron chi connectivity index (χ1n) is 7.97. The Balaban J connectivity index is 1.71. The molecule has 22 heavy (non-hydrogen) atoms. The van der Waals surface area contributed by atoms with Crippen molar-refractivity contribution in [3.05, 3.63) is 0 Å². The van der Waals surface area contributed by atoms with Crippen LogP contribution in [0.5, 0.6) is 0 Å². The molecule has 3 fully saturated rings. The molecule has 2 aliphatic heterocycles. The number of carbonyl (C=O) groups is 1. The van der Waals surface area contributed by atoms with Gasteiger partial charge in [0.15, 0.2) is 0 Å². The SMILES string of the molecule is CC(=O)O[C@@H]1[C@@H](Br)CC23C[C@H]1O[C@H]2CC[C@H](C[C@@H](C)C#N)O3. The number of esters is 1. The van der Waals surface area contributed by atoms with Crippen molar-refractivity contribution in [3.63, 3.8) is 0 Å². The number of fused-ring (bicyclic) bond motifs is 1. The van der Waals surface area contributed by atoms with Crippen molar-refractivity contribution in [3.8, 4) is 6.07 Å². The van der Waals surface area contributed by atoms with Gasteiger partial charge in [-0.15, -0.1) is 0 Å². The zero-order valence-electron chi connectivity index (χ0n) is 13.0. The molecule has 7 atom stereocenters. The molecular weight excluding hydrogens is 350 g/mol. The molecule has 0 N–H and O–H groups in total. The predicted octanol–water partition coefficient (Wildman–Crippen LogP) is 2.71. The third-order valence-corrected chi connectivity index (χ3v) is 5.87. The van der Waals surface area contributed by atoms with Gasteiger partial charge in [-0.1, -0.05) is 15.9 Å². The molecule has 5 nitrogen and oxygen atoms in total.